The lowest BCUT2D eigenvalue weighted by atomic mass is 9.92. The van der Waals surface area contributed by atoms with Crippen molar-refractivity contribution in [2.24, 2.45) is 0 Å². The van der Waals surface area contributed by atoms with E-state index in [9.17, 15) is 8.78 Å². The van der Waals surface area contributed by atoms with Crippen LogP contribution in [0.1, 0.15) is 24.8 Å². The van der Waals surface area contributed by atoms with Gasteiger partial charge in [-0.05, 0) is 38.3 Å². The number of benzene rings is 1. The van der Waals surface area contributed by atoms with Crippen LogP contribution >= 0.6 is 0 Å². The highest BCUT2D eigenvalue weighted by Gasteiger charge is 2.18. The van der Waals surface area contributed by atoms with Crippen LogP contribution in [-0.2, 0) is 0 Å². The lowest BCUT2D eigenvalue weighted by Gasteiger charge is -2.28. The zero-order chi connectivity index (χ0) is 11.5. The zero-order valence-corrected chi connectivity index (χ0v) is 9.17. The summed E-state index contributed by atoms with van der Waals surface area (Å²) >= 11 is 0. The van der Waals surface area contributed by atoms with Crippen LogP contribution in [0.25, 0.3) is 0 Å². The average molecular weight is 227 g/mol. The molecule has 0 heterocycles. The second-order valence-electron chi connectivity index (χ2n) is 4.08. The van der Waals surface area contributed by atoms with Gasteiger partial charge in [-0.3, -0.25) is 0 Å². The molecule has 2 rings (SSSR count). The summed E-state index contributed by atoms with van der Waals surface area (Å²) < 4.78 is 28.7. The van der Waals surface area contributed by atoms with Crippen molar-refractivity contribution in [2.45, 2.75) is 38.8 Å². The minimum Gasteiger partial charge on any atom is -0.434 e. The van der Waals surface area contributed by atoms with Crippen molar-refractivity contribution in [1.82, 2.24) is 0 Å². The third-order valence-corrected chi connectivity index (χ3v) is 2.96. The minimum absolute atomic E-state index is 0.249. The minimum atomic E-state index is -2.77. The molecule has 1 aliphatic rings. The molecule has 0 bridgehead atoms. The van der Waals surface area contributed by atoms with Crippen LogP contribution in [0, 0.1) is 6.92 Å². The largest absolute Gasteiger partial charge is 0.434 e. The second-order valence-corrected chi connectivity index (χ2v) is 4.08. The first-order valence-corrected chi connectivity index (χ1v) is 5.48. The fourth-order valence-corrected chi connectivity index (χ4v) is 1.77. The standard InChI is InChI=1S/C12H15F2NO/c1-8-10(15-9-4-2-5-9)6-3-7-11(8)16-12(13)14/h3,6-7,9,12,15H,2,4-5H2,1H3. The van der Waals surface area contributed by atoms with Gasteiger partial charge in [-0.1, -0.05) is 6.07 Å². The Bertz CT molecular complexity index is 364. The fraction of sp³-hybridized carbons (Fsp3) is 0.500. The molecule has 0 radical (unpaired) electrons. The van der Waals surface area contributed by atoms with Gasteiger partial charge >= 0.3 is 6.61 Å². The quantitative estimate of drug-likeness (QED) is 0.849. The molecule has 0 atom stereocenters. The average Bonchev–Trinajstić information content (AvgIpc) is 2.16. The third-order valence-electron chi connectivity index (χ3n) is 2.96. The smallest absolute Gasteiger partial charge is 0.387 e. The Labute approximate surface area is 93.6 Å². The SMILES string of the molecule is Cc1c(NC2CCC2)cccc1OC(F)F. The number of nitrogens with one attached hydrogen (secondary N) is 1. The Balaban J connectivity index is 2.11. The van der Waals surface area contributed by atoms with E-state index in [0.29, 0.717) is 6.04 Å². The van der Waals surface area contributed by atoms with Crippen LogP contribution < -0.4 is 10.1 Å². The first-order valence-electron chi connectivity index (χ1n) is 5.48. The topological polar surface area (TPSA) is 21.3 Å². The molecule has 1 saturated carbocycles. The molecular weight excluding hydrogens is 212 g/mol. The summed E-state index contributed by atoms with van der Waals surface area (Å²) in [4.78, 5) is 0. The van der Waals surface area contributed by atoms with Crippen LogP contribution in [0.4, 0.5) is 14.5 Å². The highest BCUT2D eigenvalue weighted by atomic mass is 19.3. The number of rotatable bonds is 4. The molecule has 0 aromatic heterocycles. The number of alkyl halides is 2. The zero-order valence-electron chi connectivity index (χ0n) is 9.17. The lowest BCUT2D eigenvalue weighted by Crippen LogP contribution is -2.27. The maximum Gasteiger partial charge on any atom is 0.387 e. The highest BCUT2D eigenvalue weighted by Crippen LogP contribution is 2.30. The van der Waals surface area contributed by atoms with Gasteiger partial charge in [0.05, 0.1) is 0 Å². The van der Waals surface area contributed by atoms with E-state index in [0.717, 1.165) is 24.1 Å². The molecule has 1 fully saturated rings. The number of anilines is 1. The van der Waals surface area contributed by atoms with E-state index in [1.807, 2.05) is 6.07 Å². The maximum absolute atomic E-state index is 12.1. The summed E-state index contributed by atoms with van der Waals surface area (Å²) in [7, 11) is 0. The first-order chi connectivity index (χ1) is 7.66. The molecular formula is C12H15F2NO. The molecule has 0 unspecified atom stereocenters. The summed E-state index contributed by atoms with van der Waals surface area (Å²) in [5.41, 5.74) is 1.64. The van der Waals surface area contributed by atoms with Crippen LogP contribution in [0.3, 0.4) is 0 Å². The van der Waals surface area contributed by atoms with Crippen molar-refractivity contribution in [3.63, 3.8) is 0 Å². The number of ether oxygens (including phenoxy) is 1. The molecule has 1 aliphatic carbocycles. The predicted molar refractivity (Wildman–Crippen MR) is 59.1 cm³/mol. The summed E-state index contributed by atoms with van der Waals surface area (Å²) in [6.07, 6.45) is 3.54. The van der Waals surface area contributed by atoms with Gasteiger partial charge in [0.2, 0.25) is 0 Å². The number of hydrogen-bond donors (Lipinski definition) is 1. The molecule has 16 heavy (non-hydrogen) atoms. The van der Waals surface area contributed by atoms with Gasteiger partial charge in [0, 0.05) is 17.3 Å². The van der Waals surface area contributed by atoms with Crippen molar-refractivity contribution in [1.29, 1.82) is 0 Å². The van der Waals surface area contributed by atoms with Crippen LogP contribution in [0.2, 0.25) is 0 Å². The van der Waals surface area contributed by atoms with E-state index in [1.54, 1.807) is 19.1 Å². The van der Waals surface area contributed by atoms with E-state index in [1.165, 1.54) is 6.42 Å². The van der Waals surface area contributed by atoms with E-state index >= 15 is 0 Å². The molecule has 88 valence electrons. The summed E-state index contributed by atoms with van der Waals surface area (Å²) in [5, 5.41) is 3.34. The molecule has 1 N–H and O–H groups in total. The molecule has 0 amide bonds. The fourth-order valence-electron chi connectivity index (χ4n) is 1.77. The van der Waals surface area contributed by atoms with E-state index in [2.05, 4.69) is 10.1 Å². The molecule has 0 aliphatic heterocycles. The van der Waals surface area contributed by atoms with E-state index < -0.39 is 6.61 Å². The van der Waals surface area contributed by atoms with Crippen molar-refractivity contribution in [3.8, 4) is 5.75 Å². The van der Waals surface area contributed by atoms with Crippen LogP contribution in [-0.4, -0.2) is 12.7 Å². The maximum atomic E-state index is 12.1. The van der Waals surface area contributed by atoms with Crippen LogP contribution in [0.15, 0.2) is 18.2 Å². The van der Waals surface area contributed by atoms with Gasteiger partial charge in [-0.25, -0.2) is 0 Å². The molecule has 0 spiro atoms. The Hall–Kier alpha value is -1.32. The predicted octanol–water partition coefficient (Wildman–Crippen LogP) is 3.56. The monoisotopic (exact) mass is 227 g/mol. The molecule has 0 saturated heterocycles. The molecule has 4 heteroatoms. The Morgan fingerprint density at radius 1 is 1.38 bits per heavy atom. The van der Waals surface area contributed by atoms with Gasteiger partial charge < -0.3 is 10.1 Å². The van der Waals surface area contributed by atoms with Crippen molar-refractivity contribution < 1.29 is 13.5 Å². The van der Waals surface area contributed by atoms with Crippen molar-refractivity contribution >= 4 is 5.69 Å². The summed E-state index contributed by atoms with van der Waals surface area (Å²) in [6.45, 7) is -0.976. The van der Waals surface area contributed by atoms with Crippen molar-refractivity contribution in [3.05, 3.63) is 23.8 Å². The number of halogens is 2. The molecule has 1 aromatic carbocycles. The molecule has 2 nitrogen and oxygen atoms in total. The van der Waals surface area contributed by atoms with E-state index in [-0.39, 0.29) is 5.75 Å². The second kappa shape index (κ2) is 4.68. The normalized spacial score (nSPS) is 16.0. The number of hydrogen-bond acceptors (Lipinski definition) is 2. The highest BCUT2D eigenvalue weighted by molar-refractivity contribution is 5.57. The van der Waals surface area contributed by atoms with Gasteiger partial charge in [-0.2, -0.15) is 8.78 Å². The summed E-state index contributed by atoms with van der Waals surface area (Å²) in [5.74, 6) is 0.249. The van der Waals surface area contributed by atoms with Crippen molar-refractivity contribution in [2.75, 3.05) is 5.32 Å². The Morgan fingerprint density at radius 3 is 2.69 bits per heavy atom. The van der Waals surface area contributed by atoms with Gasteiger partial charge in [-0.15, -0.1) is 0 Å². The van der Waals surface area contributed by atoms with Gasteiger partial charge in [0.1, 0.15) is 5.75 Å². The van der Waals surface area contributed by atoms with Gasteiger partial charge in [0.25, 0.3) is 0 Å². The lowest BCUT2D eigenvalue weighted by molar-refractivity contribution is -0.0502. The third kappa shape index (κ3) is 2.43. The molecule has 1 aromatic rings. The van der Waals surface area contributed by atoms with E-state index in [4.69, 9.17) is 0 Å². The summed E-state index contributed by atoms with van der Waals surface area (Å²) in [6, 6.07) is 5.67. The van der Waals surface area contributed by atoms with Gasteiger partial charge in [0.15, 0.2) is 0 Å². The Morgan fingerprint density at radius 2 is 2.12 bits per heavy atom. The first kappa shape index (κ1) is 11.2. The Kier molecular flexibility index (Phi) is 3.27. The van der Waals surface area contributed by atoms with Crippen LogP contribution in [0.5, 0.6) is 5.75 Å².